The van der Waals surface area contributed by atoms with Crippen LogP contribution in [0.3, 0.4) is 0 Å². The van der Waals surface area contributed by atoms with Gasteiger partial charge in [0.05, 0.1) is 5.60 Å². The van der Waals surface area contributed by atoms with Crippen LogP contribution in [-0.4, -0.2) is 27.2 Å². The van der Waals surface area contributed by atoms with Crippen LogP contribution in [0, 0.1) is 6.92 Å². The van der Waals surface area contributed by atoms with Crippen molar-refractivity contribution in [2.24, 2.45) is 0 Å². The molecule has 0 spiro atoms. The van der Waals surface area contributed by atoms with Gasteiger partial charge in [0.25, 0.3) is 0 Å². The Morgan fingerprint density at radius 1 is 1.38 bits per heavy atom. The van der Waals surface area contributed by atoms with Gasteiger partial charge in [0.1, 0.15) is 11.6 Å². The van der Waals surface area contributed by atoms with E-state index in [9.17, 15) is 5.11 Å². The van der Waals surface area contributed by atoms with Gasteiger partial charge in [0.2, 0.25) is 0 Å². The molecular formula is C12H21N3O. The maximum absolute atomic E-state index is 9.87. The van der Waals surface area contributed by atoms with E-state index in [-0.39, 0.29) is 0 Å². The molecule has 1 unspecified atom stereocenters. The van der Waals surface area contributed by atoms with Gasteiger partial charge in [-0.1, -0.05) is 13.8 Å². The predicted octanol–water partition coefficient (Wildman–Crippen LogP) is 1.92. The highest BCUT2D eigenvalue weighted by Crippen LogP contribution is 2.12. The Labute approximate surface area is 97.1 Å². The Morgan fingerprint density at radius 3 is 2.62 bits per heavy atom. The van der Waals surface area contributed by atoms with E-state index in [2.05, 4.69) is 22.2 Å². The first-order valence-corrected chi connectivity index (χ1v) is 5.77. The molecule has 1 heterocycles. The van der Waals surface area contributed by atoms with Crippen LogP contribution in [0.5, 0.6) is 0 Å². The highest BCUT2D eigenvalue weighted by Gasteiger charge is 2.17. The third-order valence-corrected chi connectivity index (χ3v) is 2.67. The molecule has 2 N–H and O–H groups in total. The molecule has 1 aromatic rings. The molecule has 0 saturated carbocycles. The number of hydrogen-bond donors (Lipinski definition) is 2. The van der Waals surface area contributed by atoms with Gasteiger partial charge in [-0.3, -0.25) is 0 Å². The van der Waals surface area contributed by atoms with E-state index in [1.807, 2.05) is 26.8 Å². The van der Waals surface area contributed by atoms with Crippen molar-refractivity contribution in [3.05, 3.63) is 17.6 Å². The second-order valence-corrected chi connectivity index (χ2v) is 4.35. The minimum atomic E-state index is -0.689. The van der Waals surface area contributed by atoms with Crippen LogP contribution < -0.4 is 5.32 Å². The van der Waals surface area contributed by atoms with Crippen molar-refractivity contribution in [1.82, 2.24) is 9.97 Å². The second-order valence-electron chi connectivity index (χ2n) is 4.35. The van der Waals surface area contributed by atoms with Crippen LogP contribution in [0.2, 0.25) is 0 Å². The van der Waals surface area contributed by atoms with Crippen LogP contribution in [0.15, 0.2) is 6.07 Å². The maximum Gasteiger partial charge on any atom is 0.130 e. The second kappa shape index (κ2) is 5.25. The smallest absolute Gasteiger partial charge is 0.130 e. The van der Waals surface area contributed by atoms with Gasteiger partial charge in [-0.15, -0.1) is 0 Å². The Balaban J connectivity index is 2.70. The summed E-state index contributed by atoms with van der Waals surface area (Å²) in [6, 6.07) is 1.93. The van der Waals surface area contributed by atoms with Gasteiger partial charge < -0.3 is 10.4 Å². The number of hydrogen-bond acceptors (Lipinski definition) is 4. The molecule has 0 aromatic carbocycles. The van der Waals surface area contributed by atoms with Crippen molar-refractivity contribution in [2.45, 2.75) is 46.1 Å². The van der Waals surface area contributed by atoms with E-state index < -0.39 is 5.60 Å². The van der Waals surface area contributed by atoms with Crippen LogP contribution in [0.4, 0.5) is 5.82 Å². The van der Waals surface area contributed by atoms with Gasteiger partial charge in [-0.05, 0) is 26.7 Å². The zero-order valence-electron chi connectivity index (χ0n) is 10.5. The quantitative estimate of drug-likeness (QED) is 0.800. The molecule has 1 atom stereocenters. The van der Waals surface area contributed by atoms with E-state index in [4.69, 9.17) is 0 Å². The van der Waals surface area contributed by atoms with E-state index in [0.29, 0.717) is 13.0 Å². The molecule has 90 valence electrons. The minimum Gasteiger partial charge on any atom is -0.388 e. The summed E-state index contributed by atoms with van der Waals surface area (Å²) in [5, 5.41) is 13.0. The Bertz CT molecular complexity index is 350. The van der Waals surface area contributed by atoms with Gasteiger partial charge >= 0.3 is 0 Å². The standard InChI is InChI=1S/C12H21N3O/c1-5-10-7-11(15-9(3)14-10)13-8-12(4,16)6-2/h7,16H,5-6,8H2,1-4H3,(H,13,14,15). The monoisotopic (exact) mass is 223 g/mol. The van der Waals surface area contributed by atoms with Crippen LogP contribution >= 0.6 is 0 Å². The van der Waals surface area contributed by atoms with Crippen LogP contribution in [0.1, 0.15) is 38.7 Å². The minimum absolute atomic E-state index is 0.503. The first-order chi connectivity index (χ1) is 7.46. The highest BCUT2D eigenvalue weighted by molar-refractivity contribution is 5.36. The van der Waals surface area contributed by atoms with Gasteiger partial charge in [-0.25, -0.2) is 9.97 Å². The van der Waals surface area contributed by atoms with Crippen molar-refractivity contribution in [2.75, 3.05) is 11.9 Å². The number of aromatic nitrogens is 2. The molecule has 0 bridgehead atoms. The maximum atomic E-state index is 9.87. The Morgan fingerprint density at radius 2 is 2.06 bits per heavy atom. The van der Waals surface area contributed by atoms with Gasteiger partial charge in [-0.2, -0.15) is 0 Å². The Hall–Kier alpha value is -1.16. The molecule has 0 amide bonds. The van der Waals surface area contributed by atoms with Gasteiger partial charge in [0.15, 0.2) is 0 Å². The SMILES string of the molecule is CCc1cc(NCC(C)(O)CC)nc(C)n1. The zero-order valence-corrected chi connectivity index (χ0v) is 10.5. The largest absolute Gasteiger partial charge is 0.388 e. The third kappa shape index (κ3) is 3.77. The van der Waals surface area contributed by atoms with Crippen molar-refractivity contribution >= 4 is 5.82 Å². The fraction of sp³-hybridized carbons (Fsp3) is 0.667. The summed E-state index contributed by atoms with van der Waals surface area (Å²) < 4.78 is 0. The van der Waals surface area contributed by atoms with Crippen LogP contribution in [-0.2, 0) is 6.42 Å². The number of nitrogens with zero attached hydrogens (tertiary/aromatic N) is 2. The third-order valence-electron chi connectivity index (χ3n) is 2.67. The lowest BCUT2D eigenvalue weighted by Gasteiger charge is -2.22. The Kier molecular flexibility index (Phi) is 4.24. The summed E-state index contributed by atoms with van der Waals surface area (Å²) in [4.78, 5) is 8.59. The zero-order chi connectivity index (χ0) is 12.2. The van der Waals surface area contributed by atoms with Crippen molar-refractivity contribution in [3.63, 3.8) is 0 Å². The topological polar surface area (TPSA) is 58.0 Å². The molecule has 1 aromatic heterocycles. The summed E-state index contributed by atoms with van der Waals surface area (Å²) in [7, 11) is 0. The lowest BCUT2D eigenvalue weighted by molar-refractivity contribution is 0.0696. The molecule has 16 heavy (non-hydrogen) atoms. The van der Waals surface area contributed by atoms with E-state index >= 15 is 0 Å². The van der Waals surface area contributed by atoms with Crippen LogP contribution in [0.25, 0.3) is 0 Å². The molecule has 0 radical (unpaired) electrons. The lowest BCUT2D eigenvalue weighted by atomic mass is 10.0. The van der Waals surface area contributed by atoms with E-state index in [0.717, 1.165) is 23.8 Å². The van der Waals surface area contributed by atoms with Crippen molar-refractivity contribution < 1.29 is 5.11 Å². The molecule has 4 heteroatoms. The molecular weight excluding hydrogens is 202 g/mol. The molecule has 0 fully saturated rings. The van der Waals surface area contributed by atoms with Crippen molar-refractivity contribution in [3.8, 4) is 0 Å². The number of rotatable bonds is 5. The molecule has 0 aliphatic heterocycles. The summed E-state index contributed by atoms with van der Waals surface area (Å²) >= 11 is 0. The van der Waals surface area contributed by atoms with Gasteiger partial charge in [0, 0.05) is 18.3 Å². The lowest BCUT2D eigenvalue weighted by Crippen LogP contribution is -2.32. The van der Waals surface area contributed by atoms with Crippen molar-refractivity contribution in [1.29, 1.82) is 0 Å². The van der Waals surface area contributed by atoms with E-state index in [1.165, 1.54) is 0 Å². The highest BCUT2D eigenvalue weighted by atomic mass is 16.3. The first kappa shape index (κ1) is 12.9. The number of aliphatic hydroxyl groups is 1. The molecule has 0 saturated heterocycles. The molecule has 4 nitrogen and oxygen atoms in total. The first-order valence-electron chi connectivity index (χ1n) is 5.77. The van der Waals surface area contributed by atoms with E-state index in [1.54, 1.807) is 0 Å². The average molecular weight is 223 g/mol. The normalized spacial score (nSPS) is 14.6. The number of nitrogens with one attached hydrogen (secondary N) is 1. The molecule has 1 rings (SSSR count). The number of aryl methyl sites for hydroxylation is 2. The number of anilines is 1. The average Bonchev–Trinajstić information content (AvgIpc) is 2.26. The summed E-state index contributed by atoms with van der Waals surface area (Å²) in [5.41, 5.74) is 0.330. The fourth-order valence-electron chi connectivity index (χ4n) is 1.31. The summed E-state index contributed by atoms with van der Waals surface area (Å²) in [5.74, 6) is 1.55. The summed E-state index contributed by atoms with van der Waals surface area (Å²) in [6.07, 6.45) is 1.60. The summed E-state index contributed by atoms with van der Waals surface area (Å²) in [6.45, 7) is 8.22. The molecule has 0 aliphatic carbocycles. The molecule has 0 aliphatic rings. The predicted molar refractivity (Wildman–Crippen MR) is 65.6 cm³/mol. The fourth-order valence-corrected chi connectivity index (χ4v) is 1.31.